The zero-order valence-electron chi connectivity index (χ0n) is 20.2. The van der Waals surface area contributed by atoms with Crippen LogP contribution in [0.3, 0.4) is 0 Å². The summed E-state index contributed by atoms with van der Waals surface area (Å²) in [6.07, 6.45) is 5.35. The van der Waals surface area contributed by atoms with E-state index >= 15 is 0 Å². The van der Waals surface area contributed by atoms with E-state index < -0.39 is 0 Å². The van der Waals surface area contributed by atoms with Crippen LogP contribution < -0.4 is 4.90 Å². The minimum atomic E-state index is -0.281. The van der Waals surface area contributed by atoms with E-state index in [0.29, 0.717) is 19.5 Å². The fraction of sp³-hybridized carbons (Fsp3) is 0.500. The number of carbonyl (C=O) groups is 2. The molecule has 5 nitrogen and oxygen atoms in total. The highest BCUT2D eigenvalue weighted by molar-refractivity contribution is 5.95. The molecular weight excluding hydrogens is 429 g/mol. The Morgan fingerprint density at radius 2 is 1.65 bits per heavy atom. The highest BCUT2D eigenvalue weighted by Gasteiger charge is 2.31. The van der Waals surface area contributed by atoms with Gasteiger partial charge in [-0.05, 0) is 62.4 Å². The van der Waals surface area contributed by atoms with Crippen molar-refractivity contribution >= 4 is 17.5 Å². The summed E-state index contributed by atoms with van der Waals surface area (Å²) < 4.78 is 13.2. The summed E-state index contributed by atoms with van der Waals surface area (Å²) in [6.45, 7) is 6.10. The van der Waals surface area contributed by atoms with Crippen LogP contribution in [0, 0.1) is 11.7 Å². The van der Waals surface area contributed by atoms with Crippen LogP contribution in [0.25, 0.3) is 0 Å². The van der Waals surface area contributed by atoms with Crippen molar-refractivity contribution < 1.29 is 14.0 Å². The molecule has 4 rings (SSSR count). The second kappa shape index (κ2) is 11.6. The summed E-state index contributed by atoms with van der Waals surface area (Å²) in [4.78, 5) is 32.4. The molecule has 2 aliphatic rings. The summed E-state index contributed by atoms with van der Waals surface area (Å²) in [7, 11) is 0. The van der Waals surface area contributed by atoms with E-state index in [-0.39, 0.29) is 29.6 Å². The molecule has 1 heterocycles. The number of likely N-dealkylation sites (N-methyl/N-ethyl adjacent to an activating group) is 1. The number of anilines is 1. The molecule has 182 valence electrons. The molecule has 0 bridgehead atoms. The Bertz CT molecular complexity index is 938. The van der Waals surface area contributed by atoms with Crippen LogP contribution in [0.1, 0.15) is 44.6 Å². The van der Waals surface area contributed by atoms with Gasteiger partial charge < -0.3 is 14.7 Å². The molecule has 1 aliphatic heterocycles. The van der Waals surface area contributed by atoms with Crippen LogP contribution in [0.4, 0.5) is 10.1 Å². The Morgan fingerprint density at radius 3 is 2.24 bits per heavy atom. The lowest BCUT2D eigenvalue weighted by Gasteiger charge is -2.39. The van der Waals surface area contributed by atoms with Gasteiger partial charge in [0.15, 0.2) is 0 Å². The Balaban J connectivity index is 1.29. The molecule has 0 atom stereocenters. The lowest BCUT2D eigenvalue weighted by molar-refractivity contribution is -0.133. The zero-order valence-corrected chi connectivity index (χ0v) is 20.2. The number of halogens is 1. The average Bonchev–Trinajstić information content (AvgIpc) is 2.82. The number of piperidine rings is 1. The number of amides is 2. The van der Waals surface area contributed by atoms with Crippen molar-refractivity contribution in [2.45, 2.75) is 51.5 Å². The molecule has 1 saturated carbocycles. The van der Waals surface area contributed by atoms with E-state index in [1.165, 1.54) is 12.1 Å². The summed E-state index contributed by atoms with van der Waals surface area (Å²) >= 11 is 0. The molecule has 0 spiro atoms. The number of hydrogen-bond acceptors (Lipinski definition) is 3. The Hall–Kier alpha value is -2.73. The number of rotatable bonds is 9. The topological polar surface area (TPSA) is 43.9 Å². The maximum absolute atomic E-state index is 13.2. The third kappa shape index (κ3) is 6.03. The van der Waals surface area contributed by atoms with Gasteiger partial charge in [0, 0.05) is 50.4 Å². The van der Waals surface area contributed by atoms with Crippen LogP contribution in [-0.4, -0.2) is 60.4 Å². The Kier molecular flexibility index (Phi) is 8.33. The van der Waals surface area contributed by atoms with Crippen molar-refractivity contribution in [3.8, 4) is 0 Å². The summed E-state index contributed by atoms with van der Waals surface area (Å²) in [5, 5.41) is 0. The van der Waals surface area contributed by atoms with Gasteiger partial charge in [0.2, 0.25) is 11.8 Å². The first kappa shape index (κ1) is 24.4. The molecule has 6 heteroatoms. The normalized spacial score (nSPS) is 17.2. The number of carbonyl (C=O) groups excluding carboxylic acids is 2. The zero-order chi connectivity index (χ0) is 23.9. The van der Waals surface area contributed by atoms with Crippen LogP contribution >= 0.6 is 0 Å². The van der Waals surface area contributed by atoms with Gasteiger partial charge in [0.05, 0.1) is 6.42 Å². The first-order chi connectivity index (χ1) is 16.5. The molecule has 0 unspecified atom stereocenters. The highest BCUT2D eigenvalue weighted by atomic mass is 19.1. The first-order valence-corrected chi connectivity index (χ1v) is 12.7. The van der Waals surface area contributed by atoms with Crippen molar-refractivity contribution in [2.75, 3.05) is 37.6 Å². The van der Waals surface area contributed by atoms with Crippen LogP contribution in [0.15, 0.2) is 54.6 Å². The molecule has 1 saturated heterocycles. The lowest BCUT2D eigenvalue weighted by atomic mass is 9.84. The van der Waals surface area contributed by atoms with Gasteiger partial charge in [0.1, 0.15) is 5.82 Å². The minimum absolute atomic E-state index is 0.105. The number of nitrogens with zero attached hydrogens (tertiary/aromatic N) is 3. The monoisotopic (exact) mass is 465 g/mol. The second-order valence-corrected chi connectivity index (χ2v) is 9.51. The molecule has 2 aromatic carbocycles. The number of benzene rings is 2. The number of likely N-dealkylation sites (tertiary alicyclic amines) is 1. The molecular formula is C28H36FN3O2. The minimum Gasteiger partial charge on any atom is -0.340 e. The fourth-order valence-corrected chi connectivity index (χ4v) is 5.06. The molecule has 0 aromatic heterocycles. The van der Waals surface area contributed by atoms with Gasteiger partial charge in [-0.1, -0.05) is 36.8 Å². The largest absolute Gasteiger partial charge is 0.340 e. The third-order valence-corrected chi connectivity index (χ3v) is 7.36. The van der Waals surface area contributed by atoms with Crippen LogP contribution in [-0.2, 0) is 16.0 Å². The quantitative estimate of drug-likeness (QED) is 0.547. The van der Waals surface area contributed by atoms with E-state index in [2.05, 4.69) is 4.90 Å². The van der Waals surface area contributed by atoms with Crippen LogP contribution in [0.2, 0.25) is 0 Å². The van der Waals surface area contributed by atoms with E-state index in [0.717, 1.165) is 63.0 Å². The number of para-hydroxylation sites is 1. The van der Waals surface area contributed by atoms with E-state index in [1.54, 1.807) is 12.1 Å². The van der Waals surface area contributed by atoms with Gasteiger partial charge in [-0.15, -0.1) is 0 Å². The maximum atomic E-state index is 13.2. The van der Waals surface area contributed by atoms with Gasteiger partial charge in [-0.25, -0.2) is 4.39 Å². The Labute approximate surface area is 202 Å². The molecule has 0 N–H and O–H groups in total. The van der Waals surface area contributed by atoms with Crippen molar-refractivity contribution in [3.05, 3.63) is 66.0 Å². The smallest absolute Gasteiger partial charge is 0.230 e. The van der Waals surface area contributed by atoms with Crippen molar-refractivity contribution in [1.82, 2.24) is 9.80 Å². The summed E-state index contributed by atoms with van der Waals surface area (Å²) in [6, 6.07) is 16.4. The van der Waals surface area contributed by atoms with Gasteiger partial charge >= 0.3 is 0 Å². The number of hydrogen-bond donors (Lipinski definition) is 0. The SMILES string of the molecule is CCN(C(=O)Cc1ccc(F)cc1)C1CCN(CCN(C(=O)C2CCC2)c2ccccc2)CC1. The van der Waals surface area contributed by atoms with Gasteiger partial charge in [0.25, 0.3) is 0 Å². The van der Waals surface area contributed by atoms with E-state index in [9.17, 15) is 14.0 Å². The van der Waals surface area contributed by atoms with E-state index in [4.69, 9.17) is 0 Å². The Morgan fingerprint density at radius 1 is 0.971 bits per heavy atom. The predicted molar refractivity (Wildman–Crippen MR) is 133 cm³/mol. The fourth-order valence-electron chi connectivity index (χ4n) is 5.06. The third-order valence-electron chi connectivity index (χ3n) is 7.36. The maximum Gasteiger partial charge on any atom is 0.230 e. The van der Waals surface area contributed by atoms with Gasteiger partial charge in [-0.3, -0.25) is 9.59 Å². The van der Waals surface area contributed by atoms with Crippen molar-refractivity contribution in [1.29, 1.82) is 0 Å². The molecule has 0 radical (unpaired) electrons. The highest BCUT2D eigenvalue weighted by Crippen LogP contribution is 2.30. The first-order valence-electron chi connectivity index (χ1n) is 12.7. The molecule has 2 aromatic rings. The molecule has 1 aliphatic carbocycles. The predicted octanol–water partition coefficient (Wildman–Crippen LogP) is 4.51. The summed E-state index contributed by atoms with van der Waals surface area (Å²) in [5.41, 5.74) is 1.83. The molecule has 2 fully saturated rings. The van der Waals surface area contributed by atoms with Crippen molar-refractivity contribution in [3.63, 3.8) is 0 Å². The molecule has 2 amide bonds. The van der Waals surface area contributed by atoms with Crippen molar-refractivity contribution in [2.24, 2.45) is 5.92 Å². The van der Waals surface area contributed by atoms with Crippen LogP contribution in [0.5, 0.6) is 0 Å². The standard InChI is InChI=1S/C28H36FN3O2/c1-2-31(27(33)21-22-11-13-24(29)14-12-22)26-15-17-30(18-16-26)19-20-32(25-9-4-3-5-10-25)28(34)23-7-6-8-23/h3-5,9-14,23,26H,2,6-8,15-21H2,1H3. The second-order valence-electron chi connectivity index (χ2n) is 9.51. The lowest BCUT2D eigenvalue weighted by Crippen LogP contribution is -2.49. The van der Waals surface area contributed by atoms with E-state index in [1.807, 2.05) is 47.1 Å². The van der Waals surface area contributed by atoms with Gasteiger partial charge in [-0.2, -0.15) is 0 Å². The summed E-state index contributed by atoms with van der Waals surface area (Å²) in [5.74, 6) is 0.261. The average molecular weight is 466 g/mol. The molecule has 34 heavy (non-hydrogen) atoms.